The lowest BCUT2D eigenvalue weighted by Crippen LogP contribution is -2.14. The van der Waals surface area contributed by atoms with Gasteiger partial charge < -0.3 is 14.4 Å². The highest BCUT2D eigenvalue weighted by atomic mass is 19.1. The molecule has 2 rings (SSSR count). The molecule has 0 N–H and O–H groups in total. The topological polar surface area (TPSA) is 47.0 Å². The zero-order valence-corrected chi connectivity index (χ0v) is 15.6. The first kappa shape index (κ1) is 19.6. The predicted molar refractivity (Wildman–Crippen MR) is 97.4 cm³/mol. The Kier molecular flexibility index (Phi) is 6.49. The summed E-state index contributed by atoms with van der Waals surface area (Å²) in [6.07, 6.45) is 1.10. The Morgan fingerprint density at radius 3 is 2.46 bits per heavy atom. The molecule has 26 heavy (non-hydrogen) atoms. The van der Waals surface area contributed by atoms with Crippen LogP contribution in [0, 0.1) is 18.6 Å². The van der Waals surface area contributed by atoms with Gasteiger partial charge in [-0.2, -0.15) is 0 Å². The molecule has 140 valence electrons. The molecular weight excluding hydrogens is 340 g/mol. The number of aliphatic imine (C=N–C) groups is 1. The number of nitrogens with zero attached hydrogens (tertiary/aromatic N) is 3. The summed E-state index contributed by atoms with van der Waals surface area (Å²) in [5.41, 5.74) is 1.67. The molecule has 0 aliphatic carbocycles. The number of aromatic nitrogens is 1. The summed E-state index contributed by atoms with van der Waals surface area (Å²) in [4.78, 5) is 10.7. The van der Waals surface area contributed by atoms with Crippen LogP contribution in [0.1, 0.15) is 31.2 Å². The zero-order chi connectivity index (χ0) is 19.3. The molecule has 0 radical (unpaired) electrons. The number of methoxy groups -OCH3 is 1. The first-order valence-electron chi connectivity index (χ1n) is 8.26. The van der Waals surface area contributed by atoms with E-state index >= 15 is 0 Å². The summed E-state index contributed by atoms with van der Waals surface area (Å²) in [5.74, 6) is -0.678. The minimum Gasteiger partial charge on any atom is -0.491 e. The van der Waals surface area contributed by atoms with E-state index in [-0.39, 0.29) is 5.88 Å². The van der Waals surface area contributed by atoms with Crippen LogP contribution in [0.3, 0.4) is 0 Å². The number of benzene rings is 1. The van der Waals surface area contributed by atoms with E-state index in [0.29, 0.717) is 22.7 Å². The lowest BCUT2D eigenvalue weighted by molar-refractivity contribution is 0.205. The summed E-state index contributed by atoms with van der Waals surface area (Å²) >= 11 is 0. The second-order valence-electron chi connectivity index (χ2n) is 5.88. The van der Waals surface area contributed by atoms with E-state index in [9.17, 15) is 8.78 Å². The lowest BCUT2D eigenvalue weighted by Gasteiger charge is -2.17. The van der Waals surface area contributed by atoms with Gasteiger partial charge in [-0.15, -0.1) is 0 Å². The molecule has 1 atom stereocenters. The molecule has 0 saturated carbocycles. The number of pyridine rings is 1. The molecule has 0 unspecified atom stereocenters. The smallest absolute Gasteiger partial charge is 0.257 e. The SMILES string of the molecule is CCN(C)/C=N/c1cc(OC)c(O[C@H](C)c2cc(F)cc(F)c2)nc1C. The summed E-state index contributed by atoms with van der Waals surface area (Å²) in [6, 6.07) is 4.99. The van der Waals surface area contributed by atoms with E-state index in [0.717, 1.165) is 12.6 Å². The van der Waals surface area contributed by atoms with Crippen molar-refractivity contribution in [1.29, 1.82) is 0 Å². The maximum Gasteiger partial charge on any atom is 0.257 e. The molecule has 0 saturated heterocycles. The monoisotopic (exact) mass is 363 g/mol. The largest absolute Gasteiger partial charge is 0.491 e. The van der Waals surface area contributed by atoms with Crippen LogP contribution >= 0.6 is 0 Å². The van der Waals surface area contributed by atoms with Gasteiger partial charge in [-0.25, -0.2) is 18.8 Å². The van der Waals surface area contributed by atoms with Crippen molar-refractivity contribution in [3.05, 3.63) is 47.2 Å². The van der Waals surface area contributed by atoms with Crippen LogP contribution in [0.4, 0.5) is 14.5 Å². The van der Waals surface area contributed by atoms with Gasteiger partial charge in [0, 0.05) is 25.7 Å². The van der Waals surface area contributed by atoms with Crippen molar-refractivity contribution in [3.8, 4) is 11.6 Å². The van der Waals surface area contributed by atoms with Gasteiger partial charge in [0.2, 0.25) is 0 Å². The van der Waals surface area contributed by atoms with E-state index in [1.54, 1.807) is 26.3 Å². The Balaban J connectivity index is 2.28. The maximum atomic E-state index is 13.4. The highest BCUT2D eigenvalue weighted by Gasteiger charge is 2.16. The molecule has 0 spiro atoms. The van der Waals surface area contributed by atoms with Gasteiger partial charge >= 0.3 is 0 Å². The van der Waals surface area contributed by atoms with Crippen LogP contribution in [0.15, 0.2) is 29.3 Å². The summed E-state index contributed by atoms with van der Waals surface area (Å²) < 4.78 is 37.9. The third-order valence-corrected chi connectivity index (χ3v) is 3.87. The Hall–Kier alpha value is -2.70. The van der Waals surface area contributed by atoms with E-state index in [2.05, 4.69) is 9.98 Å². The van der Waals surface area contributed by atoms with Crippen molar-refractivity contribution in [1.82, 2.24) is 9.88 Å². The van der Waals surface area contributed by atoms with Crippen molar-refractivity contribution in [2.75, 3.05) is 20.7 Å². The van der Waals surface area contributed by atoms with Crippen LogP contribution in [0.2, 0.25) is 0 Å². The number of ether oxygens (including phenoxy) is 2. The normalized spacial score (nSPS) is 12.3. The Labute approximate surface area is 152 Å². The van der Waals surface area contributed by atoms with Gasteiger partial charge in [-0.1, -0.05) is 0 Å². The predicted octanol–water partition coefficient (Wildman–Crippen LogP) is 4.43. The highest BCUT2D eigenvalue weighted by Crippen LogP contribution is 2.34. The molecule has 0 aliphatic rings. The molecule has 0 aliphatic heterocycles. The molecule has 0 bridgehead atoms. The molecule has 1 heterocycles. The molecule has 1 aromatic carbocycles. The number of hydrogen-bond donors (Lipinski definition) is 0. The Morgan fingerprint density at radius 2 is 1.88 bits per heavy atom. The Morgan fingerprint density at radius 1 is 1.23 bits per heavy atom. The fourth-order valence-corrected chi connectivity index (χ4v) is 2.20. The molecule has 5 nitrogen and oxygen atoms in total. The van der Waals surface area contributed by atoms with Crippen LogP contribution in [-0.2, 0) is 0 Å². The number of halogens is 2. The van der Waals surface area contributed by atoms with Crippen molar-refractivity contribution in [3.63, 3.8) is 0 Å². The van der Waals surface area contributed by atoms with Crippen LogP contribution in [-0.4, -0.2) is 36.9 Å². The second kappa shape index (κ2) is 8.60. The quantitative estimate of drug-likeness (QED) is 0.539. The highest BCUT2D eigenvalue weighted by molar-refractivity contribution is 5.63. The van der Waals surface area contributed by atoms with Gasteiger partial charge in [0.15, 0.2) is 5.75 Å². The third kappa shape index (κ3) is 4.91. The number of rotatable bonds is 7. The van der Waals surface area contributed by atoms with Gasteiger partial charge in [-0.3, -0.25) is 0 Å². The summed E-state index contributed by atoms with van der Waals surface area (Å²) in [7, 11) is 3.41. The average molecular weight is 363 g/mol. The molecule has 0 amide bonds. The molecule has 0 fully saturated rings. The minimum atomic E-state index is -0.656. The standard InChI is InChI=1S/C19H23F2N3O2/c1-6-24(4)11-22-17-10-18(25-5)19(23-12(17)2)26-13(3)14-7-15(20)9-16(21)8-14/h7-11,13H,6H2,1-5H3/b22-11+/t13-/m1/s1. The number of hydrogen-bond acceptors (Lipinski definition) is 4. The van der Waals surface area contributed by atoms with E-state index < -0.39 is 17.7 Å². The molecule has 2 aromatic rings. The average Bonchev–Trinajstić information content (AvgIpc) is 2.59. The lowest BCUT2D eigenvalue weighted by atomic mass is 10.1. The van der Waals surface area contributed by atoms with Crippen LogP contribution < -0.4 is 9.47 Å². The molecule has 7 heteroatoms. The fourth-order valence-electron chi connectivity index (χ4n) is 2.20. The van der Waals surface area contributed by atoms with E-state index in [1.165, 1.54) is 19.2 Å². The molecular formula is C19H23F2N3O2. The first-order valence-corrected chi connectivity index (χ1v) is 8.26. The zero-order valence-electron chi connectivity index (χ0n) is 15.6. The van der Waals surface area contributed by atoms with Gasteiger partial charge in [0.05, 0.1) is 24.8 Å². The van der Waals surface area contributed by atoms with Crippen molar-refractivity contribution < 1.29 is 18.3 Å². The fraction of sp³-hybridized carbons (Fsp3) is 0.368. The molecule has 1 aromatic heterocycles. The minimum absolute atomic E-state index is 0.241. The maximum absolute atomic E-state index is 13.4. The second-order valence-corrected chi connectivity index (χ2v) is 5.88. The van der Waals surface area contributed by atoms with Crippen LogP contribution in [0.25, 0.3) is 0 Å². The van der Waals surface area contributed by atoms with Gasteiger partial charge in [0.25, 0.3) is 5.88 Å². The van der Waals surface area contributed by atoms with E-state index in [1.807, 2.05) is 18.9 Å². The first-order chi connectivity index (χ1) is 12.3. The van der Waals surface area contributed by atoms with Gasteiger partial charge in [-0.05, 0) is 38.5 Å². The van der Waals surface area contributed by atoms with Crippen molar-refractivity contribution in [2.45, 2.75) is 26.9 Å². The van der Waals surface area contributed by atoms with Crippen molar-refractivity contribution >= 4 is 12.0 Å². The Bertz CT molecular complexity index is 776. The van der Waals surface area contributed by atoms with Crippen molar-refractivity contribution in [2.24, 2.45) is 4.99 Å². The number of aryl methyl sites for hydroxylation is 1. The van der Waals surface area contributed by atoms with E-state index in [4.69, 9.17) is 9.47 Å². The summed E-state index contributed by atoms with van der Waals surface area (Å²) in [6.45, 7) is 6.34. The van der Waals surface area contributed by atoms with Crippen LogP contribution in [0.5, 0.6) is 11.6 Å². The van der Waals surface area contributed by atoms with Gasteiger partial charge in [0.1, 0.15) is 17.7 Å². The summed E-state index contributed by atoms with van der Waals surface area (Å²) in [5, 5.41) is 0. The third-order valence-electron chi connectivity index (χ3n) is 3.87.